The number of amides is 1. The standard InChI is InChI=1S/C22H19FN2O2S/c23-18-5-2-1-4-16(18)17-7-8-20(26)25-12-14-10-15(21(17)25)13-24(11-14)22(27)19-6-3-9-28-19/h1-9,14-15H,10-13H2/t14-,15+/m0/s1. The summed E-state index contributed by atoms with van der Waals surface area (Å²) in [7, 11) is 0. The van der Waals surface area contributed by atoms with Gasteiger partial charge in [-0.05, 0) is 35.9 Å². The molecule has 5 rings (SSSR count). The monoisotopic (exact) mass is 394 g/mol. The van der Waals surface area contributed by atoms with Crippen molar-refractivity contribution >= 4 is 17.2 Å². The van der Waals surface area contributed by atoms with Gasteiger partial charge in [0.25, 0.3) is 11.5 Å². The van der Waals surface area contributed by atoms with E-state index in [2.05, 4.69) is 0 Å². The van der Waals surface area contributed by atoms with Gasteiger partial charge in [0.05, 0.1) is 4.88 Å². The number of carbonyl (C=O) groups excluding carboxylic acids is 1. The number of hydrogen-bond acceptors (Lipinski definition) is 3. The fourth-order valence-electron chi connectivity index (χ4n) is 4.64. The van der Waals surface area contributed by atoms with Gasteiger partial charge < -0.3 is 9.47 Å². The number of hydrogen-bond donors (Lipinski definition) is 0. The summed E-state index contributed by atoms with van der Waals surface area (Å²) in [6.45, 7) is 1.78. The van der Waals surface area contributed by atoms with Crippen LogP contribution in [-0.2, 0) is 6.54 Å². The number of fused-ring (bicyclic) bond motifs is 4. The number of pyridine rings is 1. The van der Waals surface area contributed by atoms with Crippen LogP contribution in [0.3, 0.4) is 0 Å². The van der Waals surface area contributed by atoms with Gasteiger partial charge in [-0.3, -0.25) is 9.59 Å². The second kappa shape index (κ2) is 6.71. The molecule has 1 aromatic carbocycles. The van der Waals surface area contributed by atoms with Crippen LogP contribution in [0, 0.1) is 11.7 Å². The van der Waals surface area contributed by atoms with Crippen LogP contribution in [0.4, 0.5) is 4.39 Å². The van der Waals surface area contributed by atoms with E-state index in [-0.39, 0.29) is 29.1 Å². The van der Waals surface area contributed by atoms with E-state index in [4.69, 9.17) is 0 Å². The molecule has 6 heteroatoms. The highest BCUT2D eigenvalue weighted by Gasteiger charge is 2.38. The molecule has 0 aliphatic carbocycles. The van der Waals surface area contributed by atoms with Crippen molar-refractivity contribution in [2.24, 2.45) is 5.92 Å². The van der Waals surface area contributed by atoms with Crippen molar-refractivity contribution in [3.8, 4) is 11.1 Å². The summed E-state index contributed by atoms with van der Waals surface area (Å²) in [6.07, 6.45) is 0.916. The van der Waals surface area contributed by atoms with Crippen LogP contribution in [0.5, 0.6) is 0 Å². The molecule has 3 aromatic rings. The summed E-state index contributed by atoms with van der Waals surface area (Å²) < 4.78 is 16.3. The Hall–Kier alpha value is -2.73. The van der Waals surface area contributed by atoms with E-state index >= 15 is 0 Å². The highest BCUT2D eigenvalue weighted by Crippen LogP contribution is 2.40. The van der Waals surface area contributed by atoms with Crippen molar-refractivity contribution in [3.05, 3.63) is 80.7 Å². The molecule has 2 bridgehead atoms. The Bertz CT molecular complexity index is 1110. The molecular formula is C22H19FN2O2S. The van der Waals surface area contributed by atoms with Crippen LogP contribution in [0.15, 0.2) is 58.7 Å². The number of likely N-dealkylation sites (tertiary alicyclic amines) is 1. The topological polar surface area (TPSA) is 42.3 Å². The van der Waals surface area contributed by atoms with Crippen LogP contribution in [0.2, 0.25) is 0 Å². The minimum absolute atomic E-state index is 0.0277. The molecule has 2 aliphatic heterocycles. The van der Waals surface area contributed by atoms with E-state index < -0.39 is 0 Å². The molecule has 28 heavy (non-hydrogen) atoms. The fraction of sp³-hybridized carbons (Fsp3) is 0.273. The van der Waals surface area contributed by atoms with E-state index in [1.807, 2.05) is 22.4 Å². The van der Waals surface area contributed by atoms with Crippen molar-refractivity contribution in [1.82, 2.24) is 9.47 Å². The average molecular weight is 394 g/mol. The van der Waals surface area contributed by atoms with E-state index in [0.717, 1.165) is 22.6 Å². The number of aromatic nitrogens is 1. The molecule has 142 valence electrons. The first-order valence-corrected chi connectivity index (χ1v) is 10.3. The van der Waals surface area contributed by atoms with Crippen LogP contribution >= 0.6 is 11.3 Å². The number of halogens is 1. The molecule has 0 N–H and O–H groups in total. The summed E-state index contributed by atoms with van der Waals surface area (Å²) in [5, 5.41) is 1.91. The molecule has 2 aromatic heterocycles. The summed E-state index contributed by atoms with van der Waals surface area (Å²) in [4.78, 5) is 28.1. The van der Waals surface area contributed by atoms with Gasteiger partial charge in [-0.25, -0.2) is 4.39 Å². The van der Waals surface area contributed by atoms with E-state index in [9.17, 15) is 14.0 Å². The van der Waals surface area contributed by atoms with Crippen LogP contribution in [0.1, 0.15) is 27.7 Å². The molecule has 2 aliphatic rings. The molecule has 2 atom stereocenters. The Morgan fingerprint density at radius 2 is 1.86 bits per heavy atom. The molecule has 4 nitrogen and oxygen atoms in total. The molecule has 1 amide bonds. The number of carbonyl (C=O) groups is 1. The first-order chi connectivity index (χ1) is 13.6. The van der Waals surface area contributed by atoms with Crippen LogP contribution in [-0.4, -0.2) is 28.5 Å². The Balaban J connectivity index is 1.59. The normalized spacial score (nSPS) is 20.7. The molecule has 1 saturated heterocycles. The predicted octanol–water partition coefficient (Wildman–Crippen LogP) is 3.98. The van der Waals surface area contributed by atoms with Gasteiger partial charge in [-0.15, -0.1) is 11.3 Å². The number of nitrogens with zero attached hydrogens (tertiary/aromatic N) is 2. The van der Waals surface area contributed by atoms with Gasteiger partial charge in [0, 0.05) is 48.4 Å². The predicted molar refractivity (Wildman–Crippen MR) is 107 cm³/mol. The second-order valence-electron chi connectivity index (χ2n) is 7.55. The summed E-state index contributed by atoms with van der Waals surface area (Å²) in [5.41, 5.74) is 2.07. The van der Waals surface area contributed by atoms with Crippen molar-refractivity contribution < 1.29 is 9.18 Å². The smallest absolute Gasteiger partial charge is 0.263 e. The summed E-state index contributed by atoms with van der Waals surface area (Å²) in [5.74, 6) is 0.0147. The first kappa shape index (κ1) is 17.4. The van der Waals surface area contributed by atoms with Crippen molar-refractivity contribution in [2.45, 2.75) is 18.9 Å². The molecular weight excluding hydrogens is 375 g/mol. The van der Waals surface area contributed by atoms with Gasteiger partial charge in [0.1, 0.15) is 5.82 Å². The third kappa shape index (κ3) is 2.79. The second-order valence-corrected chi connectivity index (χ2v) is 8.49. The van der Waals surface area contributed by atoms with Gasteiger partial charge in [0.15, 0.2) is 0 Å². The van der Waals surface area contributed by atoms with E-state index in [0.29, 0.717) is 25.2 Å². The molecule has 0 radical (unpaired) electrons. The van der Waals surface area contributed by atoms with Gasteiger partial charge in [-0.2, -0.15) is 0 Å². The van der Waals surface area contributed by atoms with E-state index in [1.54, 1.807) is 28.8 Å². The minimum Gasteiger partial charge on any atom is -0.337 e. The highest BCUT2D eigenvalue weighted by molar-refractivity contribution is 7.12. The highest BCUT2D eigenvalue weighted by atomic mass is 32.1. The quantitative estimate of drug-likeness (QED) is 0.660. The maximum absolute atomic E-state index is 14.5. The average Bonchev–Trinajstić information content (AvgIpc) is 3.23. The molecule has 4 heterocycles. The lowest BCUT2D eigenvalue weighted by Gasteiger charge is -2.43. The lowest BCUT2D eigenvalue weighted by atomic mass is 9.80. The maximum atomic E-state index is 14.5. The lowest BCUT2D eigenvalue weighted by molar-refractivity contribution is 0.0600. The SMILES string of the molecule is O=C(c1cccs1)N1C[C@@H]2C[C@H](C1)c1c(-c3ccccc3F)ccc(=O)n1C2. The molecule has 0 unspecified atom stereocenters. The Morgan fingerprint density at radius 1 is 1.00 bits per heavy atom. The summed E-state index contributed by atoms with van der Waals surface area (Å²) in [6, 6.07) is 13.6. The maximum Gasteiger partial charge on any atom is 0.263 e. The third-order valence-electron chi connectivity index (χ3n) is 5.77. The first-order valence-electron chi connectivity index (χ1n) is 9.43. The molecule has 0 saturated carbocycles. The van der Waals surface area contributed by atoms with Crippen LogP contribution in [0.25, 0.3) is 11.1 Å². The Kier molecular flexibility index (Phi) is 4.16. The molecule has 1 fully saturated rings. The Labute approximate surface area is 165 Å². The number of thiophene rings is 1. The number of rotatable bonds is 2. The Morgan fingerprint density at radius 3 is 2.64 bits per heavy atom. The zero-order valence-corrected chi connectivity index (χ0v) is 16.0. The largest absolute Gasteiger partial charge is 0.337 e. The fourth-order valence-corrected chi connectivity index (χ4v) is 5.34. The zero-order chi connectivity index (χ0) is 19.3. The van der Waals surface area contributed by atoms with E-state index in [1.165, 1.54) is 23.5 Å². The van der Waals surface area contributed by atoms with Crippen LogP contribution < -0.4 is 5.56 Å². The lowest BCUT2D eigenvalue weighted by Crippen LogP contribution is -2.49. The van der Waals surface area contributed by atoms with Gasteiger partial charge in [-0.1, -0.05) is 24.3 Å². The number of benzene rings is 1. The third-order valence-corrected chi connectivity index (χ3v) is 6.63. The van der Waals surface area contributed by atoms with Crippen molar-refractivity contribution in [3.63, 3.8) is 0 Å². The van der Waals surface area contributed by atoms with Crippen molar-refractivity contribution in [1.29, 1.82) is 0 Å². The van der Waals surface area contributed by atoms with Crippen molar-refractivity contribution in [2.75, 3.05) is 13.1 Å². The molecule has 0 spiro atoms. The zero-order valence-electron chi connectivity index (χ0n) is 15.2. The number of piperidine rings is 1. The summed E-state index contributed by atoms with van der Waals surface area (Å²) >= 11 is 1.45. The van der Waals surface area contributed by atoms with Gasteiger partial charge >= 0.3 is 0 Å². The minimum atomic E-state index is -0.298. The van der Waals surface area contributed by atoms with Gasteiger partial charge in [0.2, 0.25) is 0 Å².